The molecular weight excluding hydrogens is 290 g/mol. The van der Waals surface area contributed by atoms with E-state index in [9.17, 15) is 9.59 Å². The molecule has 23 heavy (non-hydrogen) atoms. The number of aromatic nitrogens is 1. The predicted molar refractivity (Wildman–Crippen MR) is 86.7 cm³/mol. The summed E-state index contributed by atoms with van der Waals surface area (Å²) in [6, 6.07) is 12.9. The number of likely N-dealkylation sites (tertiary alicyclic amines) is 1. The van der Waals surface area contributed by atoms with Crippen LogP contribution in [0.3, 0.4) is 0 Å². The van der Waals surface area contributed by atoms with Crippen molar-refractivity contribution in [2.24, 2.45) is 0 Å². The lowest BCUT2D eigenvalue weighted by Gasteiger charge is -2.25. The zero-order chi connectivity index (χ0) is 16.1. The third kappa shape index (κ3) is 3.56. The first-order valence-electron chi connectivity index (χ1n) is 7.78. The van der Waals surface area contributed by atoms with Gasteiger partial charge in [-0.1, -0.05) is 18.2 Å². The van der Waals surface area contributed by atoms with Crippen molar-refractivity contribution in [1.82, 2.24) is 15.2 Å². The summed E-state index contributed by atoms with van der Waals surface area (Å²) in [5, 5.41) is 2.71. The molecule has 5 nitrogen and oxygen atoms in total. The Morgan fingerprint density at radius 3 is 2.61 bits per heavy atom. The average molecular weight is 309 g/mol. The number of pyridine rings is 1. The molecule has 5 heteroatoms. The average Bonchev–Trinajstić information content (AvgIpc) is 3.11. The number of amides is 2. The van der Waals surface area contributed by atoms with Crippen molar-refractivity contribution in [1.29, 1.82) is 0 Å². The second kappa shape index (κ2) is 7.05. The van der Waals surface area contributed by atoms with Gasteiger partial charge in [0.1, 0.15) is 0 Å². The lowest BCUT2D eigenvalue weighted by Crippen LogP contribution is -2.39. The van der Waals surface area contributed by atoms with Crippen LogP contribution in [0.25, 0.3) is 0 Å². The Hall–Kier alpha value is -2.69. The molecule has 0 aliphatic carbocycles. The zero-order valence-corrected chi connectivity index (χ0v) is 12.8. The van der Waals surface area contributed by atoms with E-state index >= 15 is 0 Å². The Morgan fingerprint density at radius 1 is 1.13 bits per heavy atom. The molecule has 1 aliphatic rings. The summed E-state index contributed by atoms with van der Waals surface area (Å²) in [5.74, 6) is -0.271. The van der Waals surface area contributed by atoms with Gasteiger partial charge in [-0.2, -0.15) is 0 Å². The van der Waals surface area contributed by atoms with Gasteiger partial charge in [-0.05, 0) is 42.7 Å². The summed E-state index contributed by atoms with van der Waals surface area (Å²) in [7, 11) is 0. The van der Waals surface area contributed by atoms with Crippen LogP contribution in [0.2, 0.25) is 0 Å². The smallest absolute Gasteiger partial charge is 0.251 e. The number of rotatable bonds is 4. The fourth-order valence-electron chi connectivity index (χ4n) is 2.95. The fraction of sp³-hybridized carbons (Fsp3) is 0.278. The van der Waals surface area contributed by atoms with Crippen molar-refractivity contribution in [2.45, 2.75) is 18.9 Å². The molecule has 0 radical (unpaired) electrons. The first-order valence-corrected chi connectivity index (χ1v) is 7.78. The van der Waals surface area contributed by atoms with Gasteiger partial charge in [-0.3, -0.25) is 14.6 Å². The standard InChI is InChI=1S/C18H19N3O2/c22-17(13-20-18(23)15-5-2-1-3-6-15)21-12-4-7-16(21)14-8-10-19-11-9-14/h1-3,5-6,8-11,16H,4,7,12-13H2,(H,20,23)/t16-/m0/s1. The molecule has 2 aromatic rings. The second-order valence-corrected chi connectivity index (χ2v) is 5.57. The maximum atomic E-state index is 12.5. The Balaban J connectivity index is 1.60. The quantitative estimate of drug-likeness (QED) is 0.941. The van der Waals surface area contributed by atoms with Gasteiger partial charge in [0, 0.05) is 24.5 Å². The third-order valence-corrected chi connectivity index (χ3v) is 4.10. The normalized spacial score (nSPS) is 17.0. The fourth-order valence-corrected chi connectivity index (χ4v) is 2.95. The van der Waals surface area contributed by atoms with E-state index in [1.165, 1.54) is 0 Å². The molecule has 0 unspecified atom stereocenters. The van der Waals surface area contributed by atoms with E-state index in [0.717, 1.165) is 24.9 Å². The van der Waals surface area contributed by atoms with E-state index < -0.39 is 0 Å². The predicted octanol–water partition coefficient (Wildman–Crippen LogP) is 2.18. The minimum atomic E-state index is -0.224. The summed E-state index contributed by atoms with van der Waals surface area (Å²) >= 11 is 0. The number of hydrogen-bond donors (Lipinski definition) is 1. The molecule has 0 saturated carbocycles. The minimum absolute atomic E-state index is 0.0231. The second-order valence-electron chi connectivity index (χ2n) is 5.57. The van der Waals surface area contributed by atoms with Gasteiger partial charge in [0.2, 0.25) is 5.91 Å². The molecule has 1 saturated heterocycles. The Bertz CT molecular complexity index is 673. The molecule has 1 aromatic carbocycles. The van der Waals surface area contributed by atoms with Crippen LogP contribution in [-0.4, -0.2) is 34.8 Å². The van der Waals surface area contributed by atoms with Crippen molar-refractivity contribution in [3.63, 3.8) is 0 Å². The molecule has 2 heterocycles. The molecule has 1 aliphatic heterocycles. The summed E-state index contributed by atoms with van der Waals surface area (Å²) in [4.78, 5) is 30.4. The SMILES string of the molecule is O=C(NCC(=O)N1CCC[C@H]1c1ccncc1)c1ccccc1. The largest absolute Gasteiger partial charge is 0.343 e. The molecule has 1 fully saturated rings. The van der Waals surface area contributed by atoms with Gasteiger partial charge in [0.15, 0.2) is 0 Å². The van der Waals surface area contributed by atoms with Gasteiger partial charge in [-0.15, -0.1) is 0 Å². The van der Waals surface area contributed by atoms with E-state index in [1.807, 2.05) is 23.1 Å². The van der Waals surface area contributed by atoms with E-state index in [-0.39, 0.29) is 24.4 Å². The lowest BCUT2D eigenvalue weighted by molar-refractivity contribution is -0.131. The highest BCUT2D eigenvalue weighted by molar-refractivity contribution is 5.96. The minimum Gasteiger partial charge on any atom is -0.343 e. The highest BCUT2D eigenvalue weighted by Gasteiger charge is 2.29. The molecule has 3 rings (SSSR count). The maximum Gasteiger partial charge on any atom is 0.251 e. The summed E-state index contributed by atoms with van der Waals surface area (Å²) in [5.41, 5.74) is 1.66. The van der Waals surface area contributed by atoms with Gasteiger partial charge in [0.05, 0.1) is 12.6 Å². The molecule has 118 valence electrons. The topological polar surface area (TPSA) is 62.3 Å². The zero-order valence-electron chi connectivity index (χ0n) is 12.8. The van der Waals surface area contributed by atoms with Crippen LogP contribution in [0.1, 0.15) is 34.8 Å². The molecule has 1 N–H and O–H groups in total. The number of nitrogens with zero attached hydrogens (tertiary/aromatic N) is 2. The van der Waals surface area contributed by atoms with Gasteiger partial charge >= 0.3 is 0 Å². The maximum absolute atomic E-state index is 12.5. The monoisotopic (exact) mass is 309 g/mol. The van der Waals surface area contributed by atoms with Crippen LogP contribution in [0, 0.1) is 0 Å². The van der Waals surface area contributed by atoms with Crippen LogP contribution >= 0.6 is 0 Å². The van der Waals surface area contributed by atoms with Crippen LogP contribution < -0.4 is 5.32 Å². The summed E-state index contributed by atoms with van der Waals surface area (Å²) in [6.45, 7) is 0.752. The van der Waals surface area contributed by atoms with E-state index in [2.05, 4.69) is 10.3 Å². The van der Waals surface area contributed by atoms with E-state index in [1.54, 1.807) is 36.7 Å². The molecular formula is C18H19N3O2. The van der Waals surface area contributed by atoms with Crippen molar-refractivity contribution in [2.75, 3.05) is 13.1 Å². The van der Waals surface area contributed by atoms with Gasteiger partial charge in [-0.25, -0.2) is 0 Å². The Morgan fingerprint density at radius 2 is 1.87 bits per heavy atom. The Kier molecular flexibility index (Phi) is 4.66. The number of benzene rings is 1. The number of nitrogens with one attached hydrogen (secondary N) is 1. The lowest BCUT2D eigenvalue weighted by atomic mass is 10.1. The molecule has 2 amide bonds. The molecule has 0 spiro atoms. The third-order valence-electron chi connectivity index (χ3n) is 4.10. The molecule has 0 bridgehead atoms. The highest BCUT2D eigenvalue weighted by Crippen LogP contribution is 2.31. The number of carbonyl (C=O) groups excluding carboxylic acids is 2. The van der Waals surface area contributed by atoms with Crippen molar-refractivity contribution in [3.05, 3.63) is 66.0 Å². The van der Waals surface area contributed by atoms with Crippen LogP contribution in [0.5, 0.6) is 0 Å². The number of carbonyl (C=O) groups is 2. The molecule has 1 atom stereocenters. The van der Waals surface area contributed by atoms with E-state index in [0.29, 0.717) is 5.56 Å². The first kappa shape index (κ1) is 15.2. The van der Waals surface area contributed by atoms with Gasteiger partial charge < -0.3 is 10.2 Å². The van der Waals surface area contributed by atoms with Crippen LogP contribution in [-0.2, 0) is 4.79 Å². The van der Waals surface area contributed by atoms with E-state index in [4.69, 9.17) is 0 Å². The van der Waals surface area contributed by atoms with Crippen LogP contribution in [0.4, 0.5) is 0 Å². The summed E-state index contributed by atoms with van der Waals surface area (Å²) < 4.78 is 0. The molecule has 1 aromatic heterocycles. The van der Waals surface area contributed by atoms with Crippen molar-refractivity contribution >= 4 is 11.8 Å². The summed E-state index contributed by atoms with van der Waals surface area (Å²) in [6.07, 6.45) is 5.41. The van der Waals surface area contributed by atoms with Crippen LogP contribution in [0.15, 0.2) is 54.9 Å². The van der Waals surface area contributed by atoms with Crippen molar-refractivity contribution < 1.29 is 9.59 Å². The van der Waals surface area contributed by atoms with Crippen molar-refractivity contribution in [3.8, 4) is 0 Å². The highest BCUT2D eigenvalue weighted by atomic mass is 16.2. The van der Waals surface area contributed by atoms with Gasteiger partial charge in [0.25, 0.3) is 5.91 Å². The Labute approximate surface area is 135 Å². The number of hydrogen-bond acceptors (Lipinski definition) is 3. The first-order chi connectivity index (χ1) is 11.3.